The summed E-state index contributed by atoms with van der Waals surface area (Å²) in [6, 6.07) is 2.01. The number of hydrogen-bond acceptors (Lipinski definition) is 2. The van der Waals surface area contributed by atoms with Gasteiger partial charge in [-0.05, 0) is 43.5 Å². The third-order valence-corrected chi connectivity index (χ3v) is 2.21. The van der Waals surface area contributed by atoms with Crippen LogP contribution in [0.25, 0.3) is 0 Å². The monoisotopic (exact) mass is 213 g/mol. The van der Waals surface area contributed by atoms with Crippen LogP contribution in [0, 0.1) is 11.6 Å². The van der Waals surface area contributed by atoms with Gasteiger partial charge < -0.3 is 5.73 Å². The van der Waals surface area contributed by atoms with Crippen LogP contribution in [0.15, 0.2) is 12.1 Å². The number of benzene rings is 1. The first-order valence-corrected chi connectivity index (χ1v) is 4.82. The smallest absolute Gasteiger partial charge is 0.159 e. The van der Waals surface area contributed by atoms with Gasteiger partial charge in [-0.3, -0.25) is 4.79 Å². The summed E-state index contributed by atoms with van der Waals surface area (Å²) >= 11 is 0. The third kappa shape index (κ3) is 3.09. The lowest BCUT2D eigenvalue weighted by atomic mass is 10.0. The van der Waals surface area contributed by atoms with Crippen LogP contribution < -0.4 is 5.73 Å². The van der Waals surface area contributed by atoms with Gasteiger partial charge in [0.2, 0.25) is 0 Å². The highest BCUT2D eigenvalue weighted by atomic mass is 19.2. The molecule has 1 rings (SSSR count). The van der Waals surface area contributed by atoms with Gasteiger partial charge in [-0.25, -0.2) is 8.78 Å². The van der Waals surface area contributed by atoms with Gasteiger partial charge in [-0.1, -0.05) is 0 Å². The molecular weight excluding hydrogens is 200 g/mol. The maximum Gasteiger partial charge on any atom is 0.159 e. The Hall–Kier alpha value is -1.29. The molecule has 15 heavy (non-hydrogen) atoms. The third-order valence-electron chi connectivity index (χ3n) is 2.21. The Kier molecular flexibility index (Phi) is 4.37. The Morgan fingerprint density at radius 2 is 1.87 bits per heavy atom. The summed E-state index contributed by atoms with van der Waals surface area (Å²) in [6.45, 7) is 0.556. The number of carbonyl (C=O) groups excluding carboxylic acids is 1. The van der Waals surface area contributed by atoms with Crippen LogP contribution in [0.5, 0.6) is 0 Å². The molecule has 0 aromatic heterocycles. The topological polar surface area (TPSA) is 43.1 Å². The van der Waals surface area contributed by atoms with Gasteiger partial charge in [0, 0.05) is 5.56 Å². The van der Waals surface area contributed by atoms with E-state index >= 15 is 0 Å². The van der Waals surface area contributed by atoms with E-state index in [1.807, 2.05) is 0 Å². The Morgan fingerprint density at radius 3 is 2.47 bits per heavy atom. The Labute approximate surface area is 87.1 Å². The van der Waals surface area contributed by atoms with E-state index in [1.165, 1.54) is 0 Å². The van der Waals surface area contributed by atoms with Gasteiger partial charge in [0.1, 0.15) is 6.29 Å². The van der Waals surface area contributed by atoms with E-state index in [0.29, 0.717) is 24.8 Å². The zero-order valence-corrected chi connectivity index (χ0v) is 8.30. The lowest BCUT2D eigenvalue weighted by molar-refractivity contribution is 0.112. The summed E-state index contributed by atoms with van der Waals surface area (Å²) in [7, 11) is 0. The highest BCUT2D eigenvalue weighted by Gasteiger charge is 2.08. The number of aldehydes is 1. The maximum atomic E-state index is 12.9. The summed E-state index contributed by atoms with van der Waals surface area (Å²) in [6.07, 6.45) is 2.66. The van der Waals surface area contributed by atoms with Crippen molar-refractivity contribution >= 4 is 6.29 Å². The zero-order chi connectivity index (χ0) is 11.3. The van der Waals surface area contributed by atoms with Crippen molar-refractivity contribution in [3.8, 4) is 0 Å². The van der Waals surface area contributed by atoms with Gasteiger partial charge in [-0.2, -0.15) is 0 Å². The van der Waals surface area contributed by atoms with Crippen molar-refractivity contribution in [2.75, 3.05) is 6.54 Å². The molecule has 0 saturated heterocycles. The maximum absolute atomic E-state index is 12.9. The molecule has 0 fully saturated rings. The molecule has 0 aliphatic rings. The van der Waals surface area contributed by atoms with Crippen LogP contribution in [0.1, 0.15) is 28.8 Å². The summed E-state index contributed by atoms with van der Waals surface area (Å²) in [5.74, 6) is -1.90. The summed E-state index contributed by atoms with van der Waals surface area (Å²) in [5.41, 5.74) is 6.07. The first kappa shape index (κ1) is 11.8. The van der Waals surface area contributed by atoms with Crippen molar-refractivity contribution < 1.29 is 13.6 Å². The molecule has 0 aliphatic carbocycles. The fraction of sp³-hybridized carbons (Fsp3) is 0.364. The zero-order valence-electron chi connectivity index (χ0n) is 8.30. The van der Waals surface area contributed by atoms with E-state index in [9.17, 15) is 13.6 Å². The van der Waals surface area contributed by atoms with Crippen molar-refractivity contribution in [1.29, 1.82) is 0 Å². The fourth-order valence-electron chi connectivity index (χ4n) is 1.39. The van der Waals surface area contributed by atoms with Crippen LogP contribution in [0.4, 0.5) is 8.78 Å². The van der Waals surface area contributed by atoms with E-state index in [2.05, 4.69) is 0 Å². The van der Waals surface area contributed by atoms with E-state index in [-0.39, 0.29) is 5.56 Å². The predicted octanol–water partition coefficient (Wildman–Crippen LogP) is 2.06. The lowest BCUT2D eigenvalue weighted by Gasteiger charge is -2.05. The van der Waals surface area contributed by atoms with Crippen LogP contribution in [0.3, 0.4) is 0 Å². The second kappa shape index (κ2) is 5.56. The average molecular weight is 213 g/mol. The van der Waals surface area contributed by atoms with Crippen molar-refractivity contribution in [2.24, 2.45) is 5.73 Å². The van der Waals surface area contributed by atoms with E-state index < -0.39 is 11.6 Å². The quantitative estimate of drug-likeness (QED) is 0.601. The number of rotatable bonds is 5. The fourth-order valence-corrected chi connectivity index (χ4v) is 1.39. The van der Waals surface area contributed by atoms with Crippen LogP contribution in [0.2, 0.25) is 0 Å². The molecule has 0 heterocycles. The molecule has 2 N–H and O–H groups in total. The minimum absolute atomic E-state index is 0.214. The molecular formula is C11H13F2NO. The standard InChI is InChI=1S/C11H13F2NO/c12-10-5-8(3-1-2-4-14)9(7-15)6-11(10)13/h5-7H,1-4,14H2. The first-order valence-electron chi connectivity index (χ1n) is 4.82. The van der Waals surface area contributed by atoms with Crippen molar-refractivity contribution in [3.63, 3.8) is 0 Å². The Morgan fingerprint density at radius 1 is 1.20 bits per heavy atom. The Bertz CT molecular complexity index is 353. The average Bonchev–Trinajstić information content (AvgIpc) is 2.23. The van der Waals surface area contributed by atoms with Crippen LogP contribution in [-0.4, -0.2) is 12.8 Å². The van der Waals surface area contributed by atoms with Crippen molar-refractivity contribution in [1.82, 2.24) is 0 Å². The highest BCUT2D eigenvalue weighted by molar-refractivity contribution is 5.77. The van der Waals surface area contributed by atoms with E-state index in [0.717, 1.165) is 25.0 Å². The summed E-state index contributed by atoms with van der Waals surface area (Å²) in [4.78, 5) is 10.6. The first-order chi connectivity index (χ1) is 7.19. The molecule has 82 valence electrons. The number of unbranched alkanes of at least 4 members (excludes halogenated alkanes) is 1. The number of carbonyl (C=O) groups is 1. The van der Waals surface area contributed by atoms with Crippen LogP contribution in [-0.2, 0) is 6.42 Å². The number of aryl methyl sites for hydroxylation is 1. The van der Waals surface area contributed by atoms with Crippen LogP contribution >= 0.6 is 0 Å². The second-order valence-electron chi connectivity index (χ2n) is 3.33. The Balaban J connectivity index is 2.85. The molecule has 0 radical (unpaired) electrons. The van der Waals surface area contributed by atoms with E-state index in [1.54, 1.807) is 0 Å². The molecule has 0 amide bonds. The summed E-state index contributed by atoms with van der Waals surface area (Å²) in [5, 5.41) is 0. The van der Waals surface area contributed by atoms with E-state index in [4.69, 9.17) is 5.73 Å². The highest BCUT2D eigenvalue weighted by Crippen LogP contribution is 2.15. The van der Waals surface area contributed by atoms with Gasteiger partial charge in [-0.15, -0.1) is 0 Å². The van der Waals surface area contributed by atoms with Crippen molar-refractivity contribution in [2.45, 2.75) is 19.3 Å². The van der Waals surface area contributed by atoms with Crippen molar-refractivity contribution in [3.05, 3.63) is 34.9 Å². The molecule has 0 spiro atoms. The molecule has 4 heteroatoms. The van der Waals surface area contributed by atoms with Gasteiger partial charge in [0.05, 0.1) is 0 Å². The molecule has 1 aromatic carbocycles. The second-order valence-corrected chi connectivity index (χ2v) is 3.33. The number of nitrogens with two attached hydrogens (primary N) is 1. The largest absolute Gasteiger partial charge is 0.330 e. The molecule has 0 bridgehead atoms. The minimum atomic E-state index is -0.986. The number of halogens is 2. The molecule has 1 aromatic rings. The van der Waals surface area contributed by atoms with Gasteiger partial charge in [0.25, 0.3) is 0 Å². The molecule has 0 unspecified atom stereocenters. The normalized spacial score (nSPS) is 10.3. The summed E-state index contributed by atoms with van der Waals surface area (Å²) < 4.78 is 25.7. The number of hydrogen-bond donors (Lipinski definition) is 1. The lowest BCUT2D eigenvalue weighted by Crippen LogP contribution is -2.01. The molecule has 2 nitrogen and oxygen atoms in total. The van der Waals surface area contributed by atoms with Gasteiger partial charge in [0.15, 0.2) is 11.6 Å². The van der Waals surface area contributed by atoms with Gasteiger partial charge >= 0.3 is 0 Å². The molecule has 0 aliphatic heterocycles. The SMILES string of the molecule is NCCCCc1cc(F)c(F)cc1C=O. The molecule has 0 saturated carbocycles. The predicted molar refractivity (Wildman–Crippen MR) is 53.7 cm³/mol. The minimum Gasteiger partial charge on any atom is -0.330 e. The molecule has 0 atom stereocenters.